The number of carbonyl (C=O) groups excluding carboxylic acids is 1. The van der Waals surface area contributed by atoms with Crippen molar-refractivity contribution >= 4 is 29.2 Å². The summed E-state index contributed by atoms with van der Waals surface area (Å²) >= 11 is 5.88. The van der Waals surface area contributed by atoms with Gasteiger partial charge in [0.05, 0.1) is 16.1 Å². The van der Waals surface area contributed by atoms with E-state index in [2.05, 4.69) is 10.3 Å². The molecule has 0 saturated carbocycles. The second-order valence-electron chi connectivity index (χ2n) is 4.14. The number of benzene rings is 1. The molecule has 2 aromatic rings. The standard InChI is InChI=1S/C14H11ClN2O3/c1-8-6-9(2-3-10(8)14(19)20)17-13(18)11-4-5-16-7-12(11)15/h2-7H,1H3,(H,17,18)(H,19,20). The number of hydrogen-bond acceptors (Lipinski definition) is 3. The van der Waals surface area contributed by atoms with E-state index in [0.29, 0.717) is 16.8 Å². The highest BCUT2D eigenvalue weighted by Gasteiger charge is 2.12. The molecule has 0 atom stereocenters. The maximum Gasteiger partial charge on any atom is 0.335 e. The van der Waals surface area contributed by atoms with Crippen molar-refractivity contribution in [3.63, 3.8) is 0 Å². The third-order valence-corrected chi connectivity index (χ3v) is 3.03. The Hall–Kier alpha value is -2.40. The summed E-state index contributed by atoms with van der Waals surface area (Å²) in [5.74, 6) is -1.38. The summed E-state index contributed by atoms with van der Waals surface area (Å²) in [6.45, 7) is 1.67. The number of aryl methyl sites for hydroxylation is 1. The molecule has 2 rings (SSSR count). The van der Waals surface area contributed by atoms with Crippen LogP contribution in [0.2, 0.25) is 5.02 Å². The second kappa shape index (κ2) is 5.71. The predicted molar refractivity (Wildman–Crippen MR) is 75.3 cm³/mol. The molecule has 1 aromatic carbocycles. The average molecular weight is 291 g/mol. The molecule has 0 spiro atoms. The number of anilines is 1. The lowest BCUT2D eigenvalue weighted by Gasteiger charge is -2.08. The Labute approximate surface area is 120 Å². The van der Waals surface area contributed by atoms with E-state index >= 15 is 0 Å². The van der Waals surface area contributed by atoms with Gasteiger partial charge in [-0.3, -0.25) is 9.78 Å². The molecule has 0 fully saturated rings. The molecule has 0 aliphatic carbocycles. The van der Waals surface area contributed by atoms with E-state index in [1.165, 1.54) is 30.6 Å². The van der Waals surface area contributed by atoms with E-state index in [4.69, 9.17) is 16.7 Å². The quantitative estimate of drug-likeness (QED) is 0.911. The molecular weight excluding hydrogens is 280 g/mol. The van der Waals surface area contributed by atoms with Gasteiger partial charge in [0.1, 0.15) is 0 Å². The first kappa shape index (κ1) is 14.0. The summed E-state index contributed by atoms with van der Waals surface area (Å²) in [4.78, 5) is 26.7. The van der Waals surface area contributed by atoms with Crippen LogP contribution in [0, 0.1) is 6.92 Å². The molecular formula is C14H11ClN2O3. The van der Waals surface area contributed by atoms with Crippen LogP contribution in [-0.4, -0.2) is 22.0 Å². The zero-order chi connectivity index (χ0) is 14.7. The Morgan fingerprint density at radius 1 is 1.25 bits per heavy atom. The fourth-order valence-corrected chi connectivity index (χ4v) is 1.94. The number of aromatic nitrogens is 1. The number of rotatable bonds is 3. The molecule has 20 heavy (non-hydrogen) atoms. The molecule has 1 aromatic heterocycles. The normalized spacial score (nSPS) is 10.1. The van der Waals surface area contributed by atoms with Crippen LogP contribution in [-0.2, 0) is 0 Å². The van der Waals surface area contributed by atoms with E-state index in [1.807, 2.05) is 0 Å². The number of carboxylic acid groups (broad SMARTS) is 1. The van der Waals surface area contributed by atoms with Crippen molar-refractivity contribution in [2.75, 3.05) is 5.32 Å². The van der Waals surface area contributed by atoms with Gasteiger partial charge in [0.25, 0.3) is 5.91 Å². The Bertz CT molecular complexity index is 686. The highest BCUT2D eigenvalue weighted by Crippen LogP contribution is 2.18. The molecule has 0 unspecified atom stereocenters. The zero-order valence-corrected chi connectivity index (χ0v) is 11.3. The number of nitrogens with zero attached hydrogens (tertiary/aromatic N) is 1. The molecule has 0 aliphatic heterocycles. The van der Waals surface area contributed by atoms with Crippen LogP contribution in [0.5, 0.6) is 0 Å². The number of amides is 1. The summed E-state index contributed by atoms with van der Waals surface area (Å²) in [5.41, 5.74) is 1.58. The lowest BCUT2D eigenvalue weighted by Crippen LogP contribution is -2.13. The minimum absolute atomic E-state index is 0.199. The number of pyridine rings is 1. The van der Waals surface area contributed by atoms with Gasteiger partial charge < -0.3 is 10.4 Å². The summed E-state index contributed by atoms with van der Waals surface area (Å²) in [5, 5.41) is 11.9. The molecule has 0 radical (unpaired) electrons. The van der Waals surface area contributed by atoms with E-state index in [9.17, 15) is 9.59 Å². The van der Waals surface area contributed by atoms with Crippen LogP contribution in [0.4, 0.5) is 5.69 Å². The van der Waals surface area contributed by atoms with Crippen LogP contribution in [0.3, 0.4) is 0 Å². The first-order chi connectivity index (χ1) is 9.49. The summed E-state index contributed by atoms with van der Waals surface area (Å²) in [7, 11) is 0. The van der Waals surface area contributed by atoms with Crippen molar-refractivity contribution in [2.45, 2.75) is 6.92 Å². The topological polar surface area (TPSA) is 79.3 Å². The van der Waals surface area contributed by atoms with Crippen LogP contribution >= 0.6 is 11.6 Å². The first-order valence-electron chi connectivity index (χ1n) is 5.74. The number of aromatic carboxylic acids is 1. The van der Waals surface area contributed by atoms with E-state index in [1.54, 1.807) is 13.0 Å². The van der Waals surface area contributed by atoms with Crippen molar-refractivity contribution in [3.05, 3.63) is 58.4 Å². The second-order valence-corrected chi connectivity index (χ2v) is 4.55. The molecule has 102 valence electrons. The van der Waals surface area contributed by atoms with Gasteiger partial charge in [0, 0.05) is 18.1 Å². The third-order valence-electron chi connectivity index (χ3n) is 2.73. The minimum atomic E-state index is -1.00. The van der Waals surface area contributed by atoms with Gasteiger partial charge in [-0.2, -0.15) is 0 Å². The molecule has 5 nitrogen and oxygen atoms in total. The largest absolute Gasteiger partial charge is 0.478 e. The van der Waals surface area contributed by atoms with Crippen LogP contribution in [0.1, 0.15) is 26.3 Å². The van der Waals surface area contributed by atoms with Crippen LogP contribution in [0.15, 0.2) is 36.7 Å². The van der Waals surface area contributed by atoms with Crippen molar-refractivity contribution < 1.29 is 14.7 Å². The lowest BCUT2D eigenvalue weighted by atomic mass is 10.1. The number of hydrogen-bond donors (Lipinski definition) is 2. The molecule has 2 N–H and O–H groups in total. The predicted octanol–water partition coefficient (Wildman–Crippen LogP) is 2.99. The summed E-state index contributed by atoms with van der Waals surface area (Å²) < 4.78 is 0. The smallest absolute Gasteiger partial charge is 0.335 e. The Morgan fingerprint density at radius 2 is 2.00 bits per heavy atom. The zero-order valence-electron chi connectivity index (χ0n) is 10.6. The van der Waals surface area contributed by atoms with Gasteiger partial charge in [-0.15, -0.1) is 0 Å². The van der Waals surface area contributed by atoms with Gasteiger partial charge >= 0.3 is 5.97 Å². The number of carboxylic acids is 1. The highest BCUT2D eigenvalue weighted by atomic mass is 35.5. The molecule has 1 amide bonds. The maximum atomic E-state index is 12.0. The van der Waals surface area contributed by atoms with Crippen molar-refractivity contribution in [1.29, 1.82) is 0 Å². The van der Waals surface area contributed by atoms with Gasteiger partial charge in [-0.25, -0.2) is 4.79 Å². The van der Waals surface area contributed by atoms with E-state index < -0.39 is 5.97 Å². The fraction of sp³-hybridized carbons (Fsp3) is 0.0714. The first-order valence-corrected chi connectivity index (χ1v) is 6.11. The number of halogens is 1. The molecule has 0 aliphatic rings. The molecule has 0 bridgehead atoms. The monoisotopic (exact) mass is 290 g/mol. The summed E-state index contributed by atoms with van der Waals surface area (Å²) in [6, 6.07) is 6.08. The van der Waals surface area contributed by atoms with Crippen LogP contribution < -0.4 is 5.32 Å². The Morgan fingerprint density at radius 3 is 2.60 bits per heavy atom. The van der Waals surface area contributed by atoms with Gasteiger partial charge in [-0.1, -0.05) is 11.6 Å². The van der Waals surface area contributed by atoms with Crippen molar-refractivity contribution in [1.82, 2.24) is 4.98 Å². The van der Waals surface area contributed by atoms with E-state index in [-0.39, 0.29) is 16.5 Å². The Balaban J connectivity index is 2.23. The van der Waals surface area contributed by atoms with Crippen molar-refractivity contribution in [2.24, 2.45) is 0 Å². The summed E-state index contributed by atoms with van der Waals surface area (Å²) in [6.07, 6.45) is 2.86. The third kappa shape index (κ3) is 2.95. The van der Waals surface area contributed by atoms with Crippen LogP contribution in [0.25, 0.3) is 0 Å². The minimum Gasteiger partial charge on any atom is -0.478 e. The van der Waals surface area contributed by atoms with Gasteiger partial charge in [-0.05, 0) is 36.8 Å². The molecule has 1 heterocycles. The highest BCUT2D eigenvalue weighted by molar-refractivity contribution is 6.34. The maximum absolute atomic E-state index is 12.0. The fourth-order valence-electron chi connectivity index (χ4n) is 1.74. The van der Waals surface area contributed by atoms with E-state index in [0.717, 1.165) is 0 Å². The number of carbonyl (C=O) groups is 2. The average Bonchev–Trinajstić information content (AvgIpc) is 2.38. The molecule has 6 heteroatoms. The Kier molecular flexibility index (Phi) is 4.00. The number of nitrogens with one attached hydrogen (secondary N) is 1. The SMILES string of the molecule is Cc1cc(NC(=O)c2ccncc2Cl)ccc1C(=O)O. The molecule has 0 saturated heterocycles. The van der Waals surface area contributed by atoms with Gasteiger partial charge in [0.15, 0.2) is 0 Å². The lowest BCUT2D eigenvalue weighted by molar-refractivity contribution is 0.0696. The van der Waals surface area contributed by atoms with Gasteiger partial charge in [0.2, 0.25) is 0 Å². The van der Waals surface area contributed by atoms with Crippen molar-refractivity contribution in [3.8, 4) is 0 Å².